The Labute approximate surface area is 117 Å². The minimum atomic E-state index is -0.762. The highest BCUT2D eigenvalue weighted by molar-refractivity contribution is 5.99. The number of aryl methyl sites for hydroxylation is 1. The summed E-state index contributed by atoms with van der Waals surface area (Å²) in [5, 5.41) is 6.81. The Morgan fingerprint density at radius 3 is 2.75 bits per heavy atom. The van der Waals surface area contributed by atoms with Crippen LogP contribution in [0, 0.1) is 12.8 Å². The molecule has 2 atom stereocenters. The van der Waals surface area contributed by atoms with Gasteiger partial charge in [-0.25, -0.2) is 0 Å². The molecular formula is C14H19N3O3. The lowest BCUT2D eigenvalue weighted by atomic mass is 9.89. The van der Waals surface area contributed by atoms with E-state index in [4.69, 9.17) is 4.52 Å². The number of carbonyl (C=O) groups excluding carboxylic acids is 2. The highest BCUT2D eigenvalue weighted by Crippen LogP contribution is 2.42. The van der Waals surface area contributed by atoms with Gasteiger partial charge in [-0.3, -0.25) is 9.59 Å². The van der Waals surface area contributed by atoms with E-state index < -0.39 is 11.6 Å². The van der Waals surface area contributed by atoms with Gasteiger partial charge in [0.15, 0.2) is 0 Å². The van der Waals surface area contributed by atoms with Crippen molar-refractivity contribution in [1.29, 1.82) is 0 Å². The maximum Gasteiger partial charge on any atom is 0.249 e. The minimum absolute atomic E-state index is 0.0206. The number of aromatic nitrogens is 1. The van der Waals surface area contributed by atoms with Gasteiger partial charge >= 0.3 is 0 Å². The van der Waals surface area contributed by atoms with E-state index in [-0.39, 0.29) is 17.7 Å². The third-order valence-corrected chi connectivity index (χ3v) is 4.34. The van der Waals surface area contributed by atoms with E-state index in [0.717, 1.165) is 12.8 Å². The molecule has 2 aliphatic rings. The number of nitrogens with one attached hydrogen (secondary N) is 1. The van der Waals surface area contributed by atoms with Crippen molar-refractivity contribution in [2.24, 2.45) is 5.92 Å². The molecule has 0 radical (unpaired) electrons. The molecule has 2 heterocycles. The molecule has 1 aliphatic heterocycles. The molecule has 20 heavy (non-hydrogen) atoms. The topological polar surface area (TPSA) is 75.4 Å². The van der Waals surface area contributed by atoms with Crippen molar-refractivity contribution in [1.82, 2.24) is 15.4 Å². The number of amides is 2. The zero-order valence-electron chi connectivity index (χ0n) is 12.0. The largest absolute Gasteiger partial charge is 0.361 e. The Morgan fingerprint density at radius 2 is 2.20 bits per heavy atom. The van der Waals surface area contributed by atoms with Crippen LogP contribution in [0.2, 0.25) is 0 Å². The van der Waals surface area contributed by atoms with E-state index in [2.05, 4.69) is 10.5 Å². The Balaban J connectivity index is 1.86. The van der Waals surface area contributed by atoms with Crippen LogP contribution in [0.25, 0.3) is 0 Å². The van der Waals surface area contributed by atoms with E-state index in [9.17, 15) is 9.59 Å². The monoisotopic (exact) mass is 277 g/mol. The zero-order chi connectivity index (χ0) is 14.5. The number of hydrogen-bond acceptors (Lipinski definition) is 4. The first-order chi connectivity index (χ1) is 9.41. The standard InChI is InChI=1S/C14H19N3O3/c1-8-6-11(16-20-8)7-17-9(2)12(18)15-14(3,13(17)19)10-4-5-10/h6,9-10H,4-5,7H2,1-3H3,(H,15,18). The Morgan fingerprint density at radius 1 is 1.50 bits per heavy atom. The molecule has 0 aromatic carbocycles. The van der Waals surface area contributed by atoms with Crippen molar-refractivity contribution in [3.05, 3.63) is 17.5 Å². The lowest BCUT2D eigenvalue weighted by Crippen LogP contribution is -2.69. The van der Waals surface area contributed by atoms with E-state index >= 15 is 0 Å². The summed E-state index contributed by atoms with van der Waals surface area (Å²) in [5.41, 5.74) is -0.0851. The molecule has 2 amide bonds. The third-order valence-electron chi connectivity index (χ3n) is 4.34. The highest BCUT2D eigenvalue weighted by atomic mass is 16.5. The quantitative estimate of drug-likeness (QED) is 0.894. The van der Waals surface area contributed by atoms with Crippen LogP contribution >= 0.6 is 0 Å². The van der Waals surface area contributed by atoms with Crippen LogP contribution in [-0.2, 0) is 16.1 Å². The second-order valence-corrected chi connectivity index (χ2v) is 6.00. The van der Waals surface area contributed by atoms with Crippen LogP contribution < -0.4 is 5.32 Å². The Hall–Kier alpha value is -1.85. The summed E-state index contributed by atoms with van der Waals surface area (Å²) < 4.78 is 5.03. The first-order valence-electron chi connectivity index (χ1n) is 6.97. The zero-order valence-corrected chi connectivity index (χ0v) is 12.0. The first kappa shape index (κ1) is 13.1. The van der Waals surface area contributed by atoms with Crippen molar-refractivity contribution >= 4 is 11.8 Å². The van der Waals surface area contributed by atoms with Crippen LogP contribution in [-0.4, -0.2) is 33.5 Å². The molecule has 2 fully saturated rings. The van der Waals surface area contributed by atoms with Gasteiger partial charge in [0.2, 0.25) is 11.8 Å². The number of carbonyl (C=O) groups is 2. The number of hydrogen-bond donors (Lipinski definition) is 1. The van der Waals surface area contributed by atoms with Crippen molar-refractivity contribution in [3.63, 3.8) is 0 Å². The second-order valence-electron chi connectivity index (χ2n) is 6.00. The van der Waals surface area contributed by atoms with Crippen molar-refractivity contribution in [2.75, 3.05) is 0 Å². The molecule has 1 N–H and O–H groups in total. The molecule has 1 aromatic rings. The van der Waals surface area contributed by atoms with Gasteiger partial charge in [0.05, 0.1) is 6.54 Å². The third kappa shape index (κ3) is 1.99. The van der Waals surface area contributed by atoms with Gasteiger partial charge < -0.3 is 14.7 Å². The van der Waals surface area contributed by atoms with Crippen LogP contribution in [0.3, 0.4) is 0 Å². The van der Waals surface area contributed by atoms with Crippen LogP contribution in [0.5, 0.6) is 0 Å². The molecule has 2 unspecified atom stereocenters. The molecule has 6 nitrogen and oxygen atoms in total. The summed E-state index contributed by atoms with van der Waals surface area (Å²) in [6.07, 6.45) is 1.99. The number of rotatable bonds is 3. The molecule has 108 valence electrons. The lowest BCUT2D eigenvalue weighted by Gasteiger charge is -2.43. The summed E-state index contributed by atoms with van der Waals surface area (Å²) in [4.78, 5) is 26.5. The van der Waals surface area contributed by atoms with Crippen molar-refractivity contribution in [3.8, 4) is 0 Å². The van der Waals surface area contributed by atoms with Gasteiger partial charge in [-0.1, -0.05) is 5.16 Å². The molecule has 1 saturated heterocycles. The second kappa shape index (κ2) is 4.33. The molecule has 1 aromatic heterocycles. The summed E-state index contributed by atoms with van der Waals surface area (Å²) in [7, 11) is 0. The predicted octanol–water partition coefficient (Wildman–Crippen LogP) is 0.999. The minimum Gasteiger partial charge on any atom is -0.361 e. The summed E-state index contributed by atoms with van der Waals surface area (Å²) in [5.74, 6) is 0.839. The predicted molar refractivity (Wildman–Crippen MR) is 70.5 cm³/mol. The molecule has 0 bridgehead atoms. The summed E-state index contributed by atoms with van der Waals surface area (Å²) >= 11 is 0. The van der Waals surface area contributed by atoms with Crippen molar-refractivity contribution < 1.29 is 14.1 Å². The Kier molecular flexibility index (Phi) is 2.84. The van der Waals surface area contributed by atoms with Gasteiger partial charge in [0.25, 0.3) is 0 Å². The molecule has 0 spiro atoms. The number of nitrogens with zero attached hydrogens (tertiary/aromatic N) is 2. The van der Waals surface area contributed by atoms with Crippen LogP contribution in [0.15, 0.2) is 10.6 Å². The van der Waals surface area contributed by atoms with Gasteiger partial charge in [0, 0.05) is 6.07 Å². The first-order valence-corrected chi connectivity index (χ1v) is 6.97. The summed E-state index contributed by atoms with van der Waals surface area (Å²) in [6, 6.07) is 1.31. The fourth-order valence-electron chi connectivity index (χ4n) is 2.84. The molecular weight excluding hydrogens is 258 g/mol. The molecule has 1 aliphatic carbocycles. The normalized spacial score (nSPS) is 30.6. The average Bonchev–Trinajstić information content (AvgIpc) is 3.17. The van der Waals surface area contributed by atoms with Crippen LogP contribution in [0.1, 0.15) is 38.1 Å². The average molecular weight is 277 g/mol. The van der Waals surface area contributed by atoms with Gasteiger partial charge in [-0.2, -0.15) is 0 Å². The Bertz CT molecular complexity index is 564. The van der Waals surface area contributed by atoms with Crippen molar-refractivity contribution in [2.45, 2.75) is 51.7 Å². The molecule has 6 heteroatoms. The lowest BCUT2D eigenvalue weighted by molar-refractivity contribution is -0.155. The maximum absolute atomic E-state index is 12.7. The number of piperazine rings is 1. The maximum atomic E-state index is 12.7. The van der Waals surface area contributed by atoms with Crippen LogP contribution in [0.4, 0.5) is 0 Å². The summed E-state index contributed by atoms with van der Waals surface area (Å²) in [6.45, 7) is 5.69. The fraction of sp³-hybridized carbons (Fsp3) is 0.643. The van der Waals surface area contributed by atoms with E-state index in [1.54, 1.807) is 24.8 Å². The van der Waals surface area contributed by atoms with Gasteiger partial charge in [0.1, 0.15) is 23.0 Å². The van der Waals surface area contributed by atoms with E-state index in [1.807, 2.05) is 6.92 Å². The smallest absolute Gasteiger partial charge is 0.249 e. The van der Waals surface area contributed by atoms with Gasteiger partial charge in [-0.15, -0.1) is 0 Å². The SMILES string of the molecule is Cc1cc(CN2C(=O)C(C)(C3CC3)NC(=O)C2C)no1. The van der Waals surface area contributed by atoms with E-state index in [1.165, 1.54) is 0 Å². The van der Waals surface area contributed by atoms with E-state index in [0.29, 0.717) is 18.0 Å². The highest BCUT2D eigenvalue weighted by Gasteiger charge is 2.54. The fourth-order valence-corrected chi connectivity index (χ4v) is 2.84. The van der Waals surface area contributed by atoms with Gasteiger partial charge in [-0.05, 0) is 39.5 Å². The molecule has 1 saturated carbocycles. The molecule has 3 rings (SSSR count).